The van der Waals surface area contributed by atoms with E-state index in [2.05, 4.69) is 30.1 Å². The van der Waals surface area contributed by atoms with Crippen LogP contribution in [0.1, 0.15) is 37.8 Å². The van der Waals surface area contributed by atoms with Gasteiger partial charge in [0, 0.05) is 0 Å². The summed E-state index contributed by atoms with van der Waals surface area (Å²) < 4.78 is 0. The first-order valence-electron chi connectivity index (χ1n) is 7.28. The number of nitrogens with zero attached hydrogens (tertiary/aromatic N) is 3. The van der Waals surface area contributed by atoms with Gasteiger partial charge in [0.1, 0.15) is 22.5 Å². The van der Waals surface area contributed by atoms with Crippen LogP contribution in [0.3, 0.4) is 0 Å². The van der Waals surface area contributed by atoms with Crippen LogP contribution in [0.15, 0.2) is 36.4 Å². The fourth-order valence-corrected chi connectivity index (χ4v) is 2.42. The van der Waals surface area contributed by atoms with E-state index in [4.69, 9.17) is 0 Å². The Kier molecular flexibility index (Phi) is 3.37. The van der Waals surface area contributed by atoms with Crippen molar-refractivity contribution < 1.29 is 5.11 Å². The molecule has 1 N–H and O–H groups in total. The summed E-state index contributed by atoms with van der Waals surface area (Å²) in [5, 5.41) is 19.4. The highest BCUT2D eigenvalue weighted by atomic mass is 16.3. The molecule has 1 heterocycles. The zero-order chi connectivity index (χ0) is 15.0. The number of aryl methyl sites for hydroxylation is 1. The van der Waals surface area contributed by atoms with E-state index in [1.54, 1.807) is 0 Å². The van der Waals surface area contributed by atoms with Crippen LogP contribution in [0.5, 0.6) is 5.75 Å². The van der Waals surface area contributed by atoms with Crippen LogP contribution in [0.4, 0.5) is 0 Å². The number of phenols is 1. The average Bonchev–Trinajstić information content (AvgIpc) is 2.90. The van der Waals surface area contributed by atoms with Crippen molar-refractivity contribution in [3.8, 4) is 11.4 Å². The minimum atomic E-state index is 0.266. The molecule has 0 amide bonds. The van der Waals surface area contributed by atoms with E-state index in [1.165, 1.54) is 10.4 Å². The van der Waals surface area contributed by atoms with Crippen molar-refractivity contribution in [3.63, 3.8) is 0 Å². The van der Waals surface area contributed by atoms with Gasteiger partial charge in [0.15, 0.2) is 0 Å². The van der Waals surface area contributed by atoms with Crippen molar-refractivity contribution in [1.29, 1.82) is 0 Å². The highest BCUT2D eigenvalue weighted by molar-refractivity contribution is 5.73. The third kappa shape index (κ3) is 2.37. The maximum Gasteiger partial charge on any atom is 0.146 e. The third-order valence-electron chi connectivity index (χ3n) is 3.74. The van der Waals surface area contributed by atoms with Crippen LogP contribution in [-0.4, -0.2) is 20.1 Å². The molecule has 2 aromatic carbocycles. The lowest BCUT2D eigenvalue weighted by atomic mass is 9.98. The molecule has 0 aliphatic carbocycles. The summed E-state index contributed by atoms with van der Waals surface area (Å²) in [4.78, 5) is 1.53. The lowest BCUT2D eigenvalue weighted by Crippen LogP contribution is -2.03. The van der Waals surface area contributed by atoms with E-state index in [9.17, 15) is 5.11 Å². The van der Waals surface area contributed by atoms with Gasteiger partial charge in [-0.15, -0.1) is 15.0 Å². The molecule has 0 unspecified atom stereocenters. The Hall–Kier alpha value is -2.36. The van der Waals surface area contributed by atoms with E-state index < -0.39 is 0 Å². The maximum absolute atomic E-state index is 10.5. The molecule has 1 aromatic heterocycles. The quantitative estimate of drug-likeness (QED) is 0.794. The topological polar surface area (TPSA) is 50.9 Å². The van der Waals surface area contributed by atoms with Gasteiger partial charge < -0.3 is 5.11 Å². The van der Waals surface area contributed by atoms with E-state index >= 15 is 0 Å². The third-order valence-corrected chi connectivity index (χ3v) is 3.74. The van der Waals surface area contributed by atoms with Crippen LogP contribution < -0.4 is 0 Å². The van der Waals surface area contributed by atoms with Gasteiger partial charge in [-0.25, -0.2) is 0 Å². The molecule has 4 nitrogen and oxygen atoms in total. The number of rotatable bonds is 3. The van der Waals surface area contributed by atoms with E-state index in [0.717, 1.165) is 23.0 Å². The number of hydrogen-bond donors (Lipinski definition) is 1. The van der Waals surface area contributed by atoms with Crippen molar-refractivity contribution in [3.05, 3.63) is 47.5 Å². The van der Waals surface area contributed by atoms with Crippen molar-refractivity contribution >= 4 is 11.0 Å². The standard InChI is InChI=1S/C17H19N3O/c1-4-12-9-13(11(2)3)10-16(17(12)21)20-18-14-7-5-6-8-15(14)19-20/h5-11,21H,4H2,1-3H3. The Morgan fingerprint density at radius 3 is 2.24 bits per heavy atom. The number of aromatic nitrogens is 3. The molecule has 0 bridgehead atoms. The SMILES string of the molecule is CCc1cc(C(C)C)cc(-n2nc3ccccc3n2)c1O. The number of phenolic OH excluding ortho intramolecular Hbond substituents is 1. The number of benzene rings is 2. The molecular weight excluding hydrogens is 262 g/mol. The second kappa shape index (κ2) is 5.20. The molecule has 0 atom stereocenters. The molecule has 0 radical (unpaired) electrons. The first-order valence-corrected chi connectivity index (χ1v) is 7.28. The van der Waals surface area contributed by atoms with Crippen LogP contribution >= 0.6 is 0 Å². The molecule has 3 aromatic rings. The largest absolute Gasteiger partial charge is 0.505 e. The maximum atomic E-state index is 10.5. The molecule has 4 heteroatoms. The van der Waals surface area contributed by atoms with Gasteiger partial charge in [-0.2, -0.15) is 0 Å². The number of aromatic hydroxyl groups is 1. The average molecular weight is 281 g/mol. The van der Waals surface area contributed by atoms with Gasteiger partial charge in [0.05, 0.1) is 0 Å². The number of fused-ring (bicyclic) bond motifs is 1. The highest BCUT2D eigenvalue weighted by Crippen LogP contribution is 2.31. The van der Waals surface area contributed by atoms with Crippen molar-refractivity contribution in [2.45, 2.75) is 33.1 Å². The zero-order valence-electron chi connectivity index (χ0n) is 12.5. The Bertz CT molecular complexity index is 757. The second-order valence-electron chi connectivity index (χ2n) is 5.53. The lowest BCUT2D eigenvalue weighted by molar-refractivity contribution is 0.461. The molecular formula is C17H19N3O. The summed E-state index contributed by atoms with van der Waals surface area (Å²) in [5.41, 5.74) is 4.41. The first kappa shape index (κ1) is 13.6. The Morgan fingerprint density at radius 1 is 1.10 bits per heavy atom. The summed E-state index contributed by atoms with van der Waals surface area (Å²) in [7, 11) is 0. The zero-order valence-corrected chi connectivity index (χ0v) is 12.5. The van der Waals surface area contributed by atoms with Gasteiger partial charge in [-0.1, -0.05) is 39.0 Å². The summed E-state index contributed by atoms with van der Waals surface area (Å²) in [6, 6.07) is 11.7. The van der Waals surface area contributed by atoms with Gasteiger partial charge in [0.25, 0.3) is 0 Å². The molecule has 0 aliphatic heterocycles. The first-order chi connectivity index (χ1) is 10.1. The van der Waals surface area contributed by atoms with Crippen molar-refractivity contribution in [1.82, 2.24) is 15.0 Å². The van der Waals surface area contributed by atoms with Gasteiger partial charge >= 0.3 is 0 Å². The molecule has 3 rings (SSSR count). The summed E-state index contributed by atoms with van der Waals surface area (Å²) in [6.07, 6.45) is 0.778. The van der Waals surface area contributed by atoms with Gasteiger partial charge in [-0.3, -0.25) is 0 Å². The molecule has 0 aliphatic rings. The van der Waals surface area contributed by atoms with E-state index in [1.807, 2.05) is 37.3 Å². The molecule has 108 valence electrons. The molecule has 0 saturated carbocycles. The number of hydrogen-bond acceptors (Lipinski definition) is 3. The Balaban J connectivity index is 2.22. The molecule has 0 spiro atoms. The van der Waals surface area contributed by atoms with Gasteiger partial charge in [0.2, 0.25) is 0 Å². The Labute approximate surface area is 124 Å². The van der Waals surface area contributed by atoms with Crippen LogP contribution in [0, 0.1) is 0 Å². The minimum absolute atomic E-state index is 0.266. The summed E-state index contributed by atoms with van der Waals surface area (Å²) in [5.74, 6) is 0.654. The van der Waals surface area contributed by atoms with E-state index in [-0.39, 0.29) is 5.75 Å². The van der Waals surface area contributed by atoms with Crippen molar-refractivity contribution in [2.24, 2.45) is 0 Å². The van der Waals surface area contributed by atoms with Crippen LogP contribution in [0.25, 0.3) is 16.7 Å². The molecule has 0 saturated heterocycles. The van der Waals surface area contributed by atoms with Crippen LogP contribution in [-0.2, 0) is 6.42 Å². The van der Waals surface area contributed by atoms with Crippen molar-refractivity contribution in [2.75, 3.05) is 0 Å². The monoisotopic (exact) mass is 281 g/mol. The fraction of sp³-hybridized carbons (Fsp3) is 0.294. The normalized spacial score (nSPS) is 11.4. The van der Waals surface area contributed by atoms with E-state index in [0.29, 0.717) is 11.6 Å². The fourth-order valence-electron chi connectivity index (χ4n) is 2.42. The smallest absolute Gasteiger partial charge is 0.146 e. The van der Waals surface area contributed by atoms with Gasteiger partial charge in [-0.05, 0) is 41.7 Å². The lowest BCUT2D eigenvalue weighted by Gasteiger charge is -2.13. The van der Waals surface area contributed by atoms with Crippen LogP contribution in [0.2, 0.25) is 0 Å². The highest BCUT2D eigenvalue weighted by Gasteiger charge is 2.14. The summed E-state index contributed by atoms with van der Waals surface area (Å²) in [6.45, 7) is 6.32. The predicted molar refractivity (Wildman–Crippen MR) is 84.0 cm³/mol. The second-order valence-corrected chi connectivity index (χ2v) is 5.53. The predicted octanol–water partition coefficient (Wildman–Crippen LogP) is 3.81. The summed E-state index contributed by atoms with van der Waals surface area (Å²) >= 11 is 0. The Morgan fingerprint density at radius 2 is 1.71 bits per heavy atom. The molecule has 0 fully saturated rings. The molecule has 21 heavy (non-hydrogen) atoms. The minimum Gasteiger partial charge on any atom is -0.505 e.